The fourth-order valence-electron chi connectivity index (χ4n) is 4.23. The van der Waals surface area contributed by atoms with E-state index in [1.54, 1.807) is 0 Å². The van der Waals surface area contributed by atoms with Crippen molar-refractivity contribution in [2.75, 3.05) is 0 Å². The van der Waals surface area contributed by atoms with E-state index in [2.05, 4.69) is 83.0 Å². The van der Waals surface area contributed by atoms with E-state index in [4.69, 9.17) is 0 Å². The number of carbonyl (C=O) groups is 1. The molecule has 29 heavy (non-hydrogen) atoms. The van der Waals surface area contributed by atoms with Crippen LogP contribution in [0.15, 0.2) is 103 Å². The van der Waals surface area contributed by atoms with Crippen LogP contribution in [0.1, 0.15) is 29.5 Å². The number of nitrogens with one attached hydrogen (secondary N) is 1. The van der Waals surface area contributed by atoms with E-state index in [9.17, 15) is 9.90 Å². The summed E-state index contributed by atoms with van der Waals surface area (Å²) in [5.74, 6) is -0.789. The summed E-state index contributed by atoms with van der Waals surface area (Å²) in [4.78, 5) is 13.5. The molecule has 3 aromatic rings. The predicted octanol–water partition coefficient (Wildman–Crippen LogP) is 4.55. The number of aliphatic carboxylic acids is 1. The molecular formula is C25H24N2O2. The van der Waals surface area contributed by atoms with Crippen LogP contribution in [0, 0.1) is 0 Å². The van der Waals surface area contributed by atoms with E-state index in [1.807, 2.05) is 30.6 Å². The van der Waals surface area contributed by atoms with Crippen LogP contribution in [-0.2, 0) is 10.3 Å². The maximum Gasteiger partial charge on any atom is 0.303 e. The molecule has 0 fully saturated rings. The first-order valence-corrected chi connectivity index (χ1v) is 9.82. The second-order valence-corrected chi connectivity index (χ2v) is 7.15. The normalized spacial score (nSPS) is 15.9. The molecule has 2 N–H and O–H groups in total. The standard InChI is InChI=1S/C25H24N2O2/c28-24(29)17-16-23-26-18-19-27(23)25(20-10-4-1-5-11-20,21-12-6-2-7-13-21)22-14-8-3-9-15-22/h1-15,18-19,23,26H,16-17H2,(H,28,29). The lowest BCUT2D eigenvalue weighted by atomic mass is 9.75. The Kier molecular flexibility index (Phi) is 5.34. The average molecular weight is 384 g/mol. The van der Waals surface area contributed by atoms with Crippen LogP contribution >= 0.6 is 0 Å². The van der Waals surface area contributed by atoms with Gasteiger partial charge in [-0.1, -0.05) is 91.0 Å². The zero-order chi connectivity index (χ0) is 20.1. The monoisotopic (exact) mass is 384 g/mol. The van der Waals surface area contributed by atoms with Crippen molar-refractivity contribution in [1.29, 1.82) is 0 Å². The van der Waals surface area contributed by atoms with Crippen molar-refractivity contribution >= 4 is 5.97 Å². The van der Waals surface area contributed by atoms with Crippen molar-refractivity contribution in [3.8, 4) is 0 Å². The molecule has 0 saturated carbocycles. The maximum absolute atomic E-state index is 11.3. The Labute approximate surface area is 171 Å². The quantitative estimate of drug-likeness (QED) is 0.587. The predicted molar refractivity (Wildman–Crippen MR) is 114 cm³/mol. The van der Waals surface area contributed by atoms with Gasteiger partial charge in [0, 0.05) is 18.8 Å². The number of hydrogen-bond acceptors (Lipinski definition) is 3. The molecule has 1 aliphatic rings. The third-order valence-corrected chi connectivity index (χ3v) is 5.45. The SMILES string of the molecule is O=C(O)CCC1NC=CN1C(c1ccccc1)(c1ccccc1)c1ccccc1. The molecule has 4 nitrogen and oxygen atoms in total. The highest BCUT2D eigenvalue weighted by atomic mass is 16.4. The van der Waals surface area contributed by atoms with Gasteiger partial charge in [-0.15, -0.1) is 0 Å². The number of hydrogen-bond donors (Lipinski definition) is 2. The molecule has 0 aromatic heterocycles. The van der Waals surface area contributed by atoms with Gasteiger partial charge >= 0.3 is 5.97 Å². The highest BCUT2D eigenvalue weighted by Crippen LogP contribution is 2.44. The van der Waals surface area contributed by atoms with Gasteiger partial charge in [0.05, 0.1) is 0 Å². The molecule has 0 radical (unpaired) electrons. The molecule has 3 aromatic carbocycles. The molecule has 1 heterocycles. The second-order valence-electron chi connectivity index (χ2n) is 7.15. The first kappa shape index (κ1) is 18.8. The minimum absolute atomic E-state index is 0.101. The Morgan fingerprint density at radius 1 is 0.828 bits per heavy atom. The molecule has 0 spiro atoms. The summed E-state index contributed by atoms with van der Waals surface area (Å²) in [6.45, 7) is 0. The van der Waals surface area contributed by atoms with Gasteiger partial charge in [-0.05, 0) is 23.1 Å². The van der Waals surface area contributed by atoms with Crippen LogP contribution in [0.5, 0.6) is 0 Å². The summed E-state index contributed by atoms with van der Waals surface area (Å²) in [7, 11) is 0. The lowest BCUT2D eigenvalue weighted by Gasteiger charge is -2.46. The van der Waals surface area contributed by atoms with Crippen molar-refractivity contribution in [1.82, 2.24) is 10.2 Å². The summed E-state index contributed by atoms with van der Waals surface area (Å²) < 4.78 is 0. The van der Waals surface area contributed by atoms with Crippen molar-refractivity contribution in [2.45, 2.75) is 24.5 Å². The summed E-state index contributed by atoms with van der Waals surface area (Å²) in [5, 5.41) is 12.6. The average Bonchev–Trinajstić information content (AvgIpc) is 3.24. The van der Waals surface area contributed by atoms with Crippen LogP contribution in [0.3, 0.4) is 0 Å². The van der Waals surface area contributed by atoms with E-state index in [0.29, 0.717) is 6.42 Å². The van der Waals surface area contributed by atoms with Crippen LogP contribution in [0.25, 0.3) is 0 Å². The highest BCUT2D eigenvalue weighted by molar-refractivity contribution is 5.66. The van der Waals surface area contributed by atoms with E-state index in [0.717, 1.165) is 16.7 Å². The minimum Gasteiger partial charge on any atom is -0.481 e. The van der Waals surface area contributed by atoms with Gasteiger partial charge in [0.15, 0.2) is 0 Å². The van der Waals surface area contributed by atoms with Crippen molar-refractivity contribution in [3.05, 3.63) is 120 Å². The first-order chi connectivity index (χ1) is 14.2. The Morgan fingerprint density at radius 3 is 1.69 bits per heavy atom. The molecule has 0 saturated heterocycles. The van der Waals surface area contributed by atoms with E-state index >= 15 is 0 Å². The van der Waals surface area contributed by atoms with Crippen LogP contribution in [0.2, 0.25) is 0 Å². The Bertz CT molecular complexity index is 875. The highest BCUT2D eigenvalue weighted by Gasteiger charge is 2.44. The summed E-state index contributed by atoms with van der Waals surface area (Å²) >= 11 is 0. The number of carboxylic acids is 1. The first-order valence-electron chi connectivity index (χ1n) is 9.82. The number of nitrogens with zero attached hydrogens (tertiary/aromatic N) is 1. The van der Waals surface area contributed by atoms with Gasteiger partial charge in [0.1, 0.15) is 11.7 Å². The Hall–Kier alpha value is -3.53. The topological polar surface area (TPSA) is 52.6 Å². The van der Waals surface area contributed by atoms with E-state index in [1.165, 1.54) is 0 Å². The molecule has 146 valence electrons. The fourth-order valence-corrected chi connectivity index (χ4v) is 4.23. The summed E-state index contributed by atoms with van der Waals surface area (Å²) in [5.41, 5.74) is 2.80. The van der Waals surface area contributed by atoms with Crippen molar-refractivity contribution in [3.63, 3.8) is 0 Å². The largest absolute Gasteiger partial charge is 0.481 e. The zero-order valence-electron chi connectivity index (χ0n) is 16.1. The van der Waals surface area contributed by atoms with Gasteiger partial charge in [0.25, 0.3) is 0 Å². The molecule has 4 rings (SSSR count). The van der Waals surface area contributed by atoms with E-state index in [-0.39, 0.29) is 12.6 Å². The van der Waals surface area contributed by atoms with Gasteiger partial charge in [0.2, 0.25) is 0 Å². The van der Waals surface area contributed by atoms with Gasteiger partial charge in [-0.25, -0.2) is 0 Å². The summed E-state index contributed by atoms with van der Waals surface area (Å²) in [6.07, 6.45) is 4.42. The van der Waals surface area contributed by atoms with Crippen LogP contribution in [-0.4, -0.2) is 22.1 Å². The third-order valence-electron chi connectivity index (χ3n) is 5.45. The smallest absolute Gasteiger partial charge is 0.303 e. The number of benzene rings is 3. The molecule has 1 aliphatic heterocycles. The van der Waals surface area contributed by atoms with Crippen molar-refractivity contribution < 1.29 is 9.90 Å². The molecule has 0 bridgehead atoms. The second kappa shape index (κ2) is 8.23. The molecular weight excluding hydrogens is 360 g/mol. The minimum atomic E-state index is -0.789. The number of rotatable bonds is 7. The van der Waals surface area contributed by atoms with Gasteiger partial charge in [-0.2, -0.15) is 0 Å². The Morgan fingerprint density at radius 2 is 1.28 bits per heavy atom. The van der Waals surface area contributed by atoms with Crippen LogP contribution < -0.4 is 5.32 Å². The van der Waals surface area contributed by atoms with Gasteiger partial charge in [-0.3, -0.25) is 4.79 Å². The molecule has 1 unspecified atom stereocenters. The fraction of sp³-hybridized carbons (Fsp3) is 0.160. The van der Waals surface area contributed by atoms with Gasteiger partial charge < -0.3 is 15.3 Å². The lowest BCUT2D eigenvalue weighted by Crippen LogP contribution is -2.51. The Balaban J connectivity index is 1.95. The van der Waals surface area contributed by atoms with E-state index < -0.39 is 11.5 Å². The molecule has 4 heteroatoms. The van der Waals surface area contributed by atoms with Crippen molar-refractivity contribution in [2.24, 2.45) is 0 Å². The number of carboxylic acid groups (broad SMARTS) is 1. The summed E-state index contributed by atoms with van der Waals surface area (Å²) in [6, 6.07) is 31.2. The third kappa shape index (κ3) is 3.49. The van der Waals surface area contributed by atoms with Crippen LogP contribution in [0.4, 0.5) is 0 Å². The molecule has 0 amide bonds. The zero-order valence-corrected chi connectivity index (χ0v) is 16.1. The molecule has 1 atom stereocenters. The maximum atomic E-state index is 11.3. The molecule has 0 aliphatic carbocycles. The lowest BCUT2D eigenvalue weighted by molar-refractivity contribution is -0.137.